The molecule has 0 amide bonds. The fourth-order valence-corrected chi connectivity index (χ4v) is 3.41. The molecule has 146 valence electrons. The van der Waals surface area contributed by atoms with Crippen LogP contribution in [0.1, 0.15) is 90.9 Å². The number of likely N-dealkylation sites (tertiary alicyclic amines) is 1. The third-order valence-corrected chi connectivity index (χ3v) is 4.64. The first-order chi connectivity index (χ1) is 11.4. The highest BCUT2D eigenvalue weighted by Crippen LogP contribution is 2.21. The predicted octanol–water partition coefficient (Wildman–Crippen LogP) is 5.14. The van der Waals surface area contributed by atoms with E-state index in [4.69, 9.17) is 4.55 Å². The average molecular weight is 364 g/mol. The molecule has 1 aliphatic rings. The van der Waals surface area contributed by atoms with Gasteiger partial charge in [0, 0.05) is 6.54 Å². The molecule has 1 saturated heterocycles. The molecule has 5 heteroatoms. The monoisotopic (exact) mass is 363 g/mol. The van der Waals surface area contributed by atoms with Gasteiger partial charge >= 0.3 is 0 Å². The van der Waals surface area contributed by atoms with Crippen molar-refractivity contribution in [2.45, 2.75) is 90.9 Å². The van der Waals surface area contributed by atoms with Crippen LogP contribution in [0.15, 0.2) is 0 Å². The Labute approximate surface area is 151 Å². The van der Waals surface area contributed by atoms with Gasteiger partial charge < -0.3 is 4.90 Å². The van der Waals surface area contributed by atoms with Crippen LogP contribution in [-0.4, -0.2) is 43.8 Å². The molecule has 0 radical (unpaired) electrons. The van der Waals surface area contributed by atoms with Crippen LogP contribution in [0, 0.1) is 5.92 Å². The van der Waals surface area contributed by atoms with Crippen molar-refractivity contribution in [1.82, 2.24) is 4.90 Å². The van der Waals surface area contributed by atoms with Crippen LogP contribution in [0.2, 0.25) is 0 Å². The molecule has 1 N–H and O–H groups in total. The molecule has 0 bridgehead atoms. The maximum absolute atomic E-state index is 9.19. The summed E-state index contributed by atoms with van der Waals surface area (Å²) < 4.78 is 25.9. The average Bonchev–Trinajstić information content (AvgIpc) is 2.92. The van der Waals surface area contributed by atoms with E-state index in [-0.39, 0.29) is 0 Å². The molecule has 0 aliphatic carbocycles. The van der Waals surface area contributed by atoms with E-state index in [0.29, 0.717) is 6.26 Å². The second kappa shape index (κ2) is 15.2. The molecule has 1 fully saturated rings. The molecular weight excluding hydrogens is 322 g/mol. The lowest BCUT2D eigenvalue weighted by molar-refractivity contribution is 0.311. The van der Waals surface area contributed by atoms with E-state index in [2.05, 4.69) is 18.7 Å². The zero-order chi connectivity index (χ0) is 18.3. The largest absolute Gasteiger partial charge is 0.303 e. The number of unbranched alkanes of at least 4 members (excludes halogenated alkanes) is 8. The number of hydrogen-bond acceptors (Lipinski definition) is 3. The van der Waals surface area contributed by atoms with Crippen molar-refractivity contribution in [3.05, 3.63) is 0 Å². The third-order valence-electron chi connectivity index (χ3n) is 4.64. The van der Waals surface area contributed by atoms with Crippen LogP contribution in [0.3, 0.4) is 0 Å². The Morgan fingerprint density at radius 3 is 1.92 bits per heavy atom. The first kappa shape index (κ1) is 23.9. The quantitative estimate of drug-likeness (QED) is 0.385. The van der Waals surface area contributed by atoms with Gasteiger partial charge in [-0.25, -0.2) is 0 Å². The summed E-state index contributed by atoms with van der Waals surface area (Å²) in [7, 11) is -3.67. The molecule has 0 aromatic heterocycles. The van der Waals surface area contributed by atoms with Gasteiger partial charge in [0.2, 0.25) is 0 Å². The summed E-state index contributed by atoms with van der Waals surface area (Å²) >= 11 is 0. The van der Waals surface area contributed by atoms with Crippen LogP contribution in [0.25, 0.3) is 0 Å². The van der Waals surface area contributed by atoms with Crippen LogP contribution >= 0.6 is 0 Å². The highest BCUT2D eigenvalue weighted by Gasteiger charge is 2.20. The zero-order valence-corrected chi connectivity index (χ0v) is 17.1. The van der Waals surface area contributed by atoms with E-state index in [1.165, 1.54) is 96.7 Å². The lowest BCUT2D eigenvalue weighted by atomic mass is 10.0. The Bertz CT molecular complexity index is 363. The fraction of sp³-hybridized carbons (Fsp3) is 1.00. The number of nitrogens with zero attached hydrogens (tertiary/aromatic N) is 1. The molecule has 24 heavy (non-hydrogen) atoms. The summed E-state index contributed by atoms with van der Waals surface area (Å²) in [6.45, 7) is 8.76. The van der Waals surface area contributed by atoms with Crippen molar-refractivity contribution in [3.8, 4) is 0 Å². The van der Waals surface area contributed by atoms with Gasteiger partial charge in [-0.15, -0.1) is 0 Å². The molecule has 4 nitrogen and oxygen atoms in total. The molecule has 1 rings (SSSR count). The second-order valence-corrected chi connectivity index (χ2v) is 8.77. The van der Waals surface area contributed by atoms with Gasteiger partial charge in [0.25, 0.3) is 10.1 Å². The summed E-state index contributed by atoms with van der Waals surface area (Å²) in [6, 6.07) is 0. The van der Waals surface area contributed by atoms with Gasteiger partial charge in [-0.1, -0.05) is 71.6 Å². The fourth-order valence-electron chi connectivity index (χ4n) is 3.41. The topological polar surface area (TPSA) is 57.6 Å². The van der Waals surface area contributed by atoms with E-state index in [1.807, 2.05) is 0 Å². The van der Waals surface area contributed by atoms with Crippen molar-refractivity contribution >= 4 is 10.1 Å². The standard InChI is InChI=1S/C18H37N.CH4O3S/c1-3-5-6-7-8-9-10-11-12-15-19-16-14-18(17-19)13-4-2;1-5(2,3)4/h18H,3-17H2,1-2H3;1H3,(H,2,3,4). The Kier molecular flexibility index (Phi) is 15.1. The highest BCUT2D eigenvalue weighted by molar-refractivity contribution is 7.85. The zero-order valence-electron chi connectivity index (χ0n) is 16.3. The lowest BCUT2D eigenvalue weighted by Gasteiger charge is -2.15. The first-order valence-corrected chi connectivity index (χ1v) is 11.9. The van der Waals surface area contributed by atoms with Crippen LogP contribution in [0.5, 0.6) is 0 Å². The number of rotatable bonds is 12. The Balaban J connectivity index is 0.000000922. The molecule has 1 atom stereocenters. The minimum absolute atomic E-state index is 0.715. The normalized spacial score (nSPS) is 18.4. The van der Waals surface area contributed by atoms with Crippen molar-refractivity contribution in [2.75, 3.05) is 25.9 Å². The molecule has 1 unspecified atom stereocenters. The molecule has 0 aromatic carbocycles. The molecule has 0 aromatic rings. The molecule has 1 aliphatic heterocycles. The Hall–Kier alpha value is -0.130. The van der Waals surface area contributed by atoms with Gasteiger partial charge in [0.1, 0.15) is 0 Å². The summed E-state index contributed by atoms with van der Waals surface area (Å²) in [5.41, 5.74) is 0. The van der Waals surface area contributed by atoms with Crippen LogP contribution in [0.4, 0.5) is 0 Å². The Morgan fingerprint density at radius 2 is 1.42 bits per heavy atom. The minimum Gasteiger partial charge on any atom is -0.303 e. The maximum atomic E-state index is 9.19. The lowest BCUT2D eigenvalue weighted by Crippen LogP contribution is -2.21. The van der Waals surface area contributed by atoms with E-state index in [1.54, 1.807) is 0 Å². The minimum atomic E-state index is -3.67. The summed E-state index contributed by atoms with van der Waals surface area (Å²) in [6.07, 6.45) is 18.1. The van der Waals surface area contributed by atoms with E-state index >= 15 is 0 Å². The summed E-state index contributed by atoms with van der Waals surface area (Å²) in [5.74, 6) is 1.02. The van der Waals surface area contributed by atoms with Crippen molar-refractivity contribution < 1.29 is 13.0 Å². The van der Waals surface area contributed by atoms with Crippen molar-refractivity contribution in [3.63, 3.8) is 0 Å². The van der Waals surface area contributed by atoms with Crippen molar-refractivity contribution in [2.24, 2.45) is 5.92 Å². The van der Waals surface area contributed by atoms with E-state index in [0.717, 1.165) is 5.92 Å². The first-order valence-electron chi connectivity index (χ1n) is 10.0. The van der Waals surface area contributed by atoms with Gasteiger partial charge in [0.15, 0.2) is 0 Å². The smallest absolute Gasteiger partial charge is 0.261 e. The molecule has 0 spiro atoms. The van der Waals surface area contributed by atoms with Crippen molar-refractivity contribution in [1.29, 1.82) is 0 Å². The number of hydrogen-bond donors (Lipinski definition) is 1. The predicted molar refractivity (Wildman–Crippen MR) is 104 cm³/mol. The Morgan fingerprint density at radius 1 is 0.917 bits per heavy atom. The summed E-state index contributed by atoms with van der Waals surface area (Å²) in [4.78, 5) is 2.71. The van der Waals surface area contributed by atoms with E-state index in [9.17, 15) is 8.42 Å². The SMILES string of the molecule is CCCCCCCCCCCN1CCC(CCC)C1.CS(=O)(=O)O. The summed E-state index contributed by atoms with van der Waals surface area (Å²) in [5, 5.41) is 0. The molecular formula is C19H41NO3S. The van der Waals surface area contributed by atoms with Crippen LogP contribution in [-0.2, 0) is 10.1 Å². The third kappa shape index (κ3) is 18.2. The second-order valence-electron chi connectivity index (χ2n) is 7.31. The molecule has 0 saturated carbocycles. The van der Waals surface area contributed by atoms with E-state index < -0.39 is 10.1 Å². The van der Waals surface area contributed by atoms with Gasteiger partial charge in [-0.05, 0) is 38.3 Å². The molecule has 1 heterocycles. The highest BCUT2D eigenvalue weighted by atomic mass is 32.2. The van der Waals surface area contributed by atoms with Gasteiger partial charge in [-0.3, -0.25) is 4.55 Å². The van der Waals surface area contributed by atoms with Gasteiger partial charge in [0.05, 0.1) is 6.26 Å². The maximum Gasteiger partial charge on any atom is 0.261 e. The van der Waals surface area contributed by atoms with Crippen LogP contribution < -0.4 is 0 Å². The van der Waals surface area contributed by atoms with Gasteiger partial charge in [-0.2, -0.15) is 8.42 Å².